The zero-order valence-corrected chi connectivity index (χ0v) is 11.4. The summed E-state index contributed by atoms with van der Waals surface area (Å²) in [6.45, 7) is 0.940. The molecule has 1 atom stereocenters. The molecular weight excluding hydrogens is 324 g/mol. The molecule has 0 aliphatic heterocycles. The van der Waals surface area contributed by atoms with Gasteiger partial charge in [-0.3, -0.25) is 28.8 Å². The van der Waals surface area contributed by atoms with Crippen molar-refractivity contribution in [2.24, 2.45) is 16.7 Å². The lowest BCUT2D eigenvalue weighted by Crippen LogP contribution is -2.68. The maximum atomic E-state index is 11.5. The molecule has 6 N–H and O–H groups in total. The molecule has 0 aromatic heterocycles. The van der Waals surface area contributed by atoms with Gasteiger partial charge in [0, 0.05) is 0 Å². The molecule has 0 fully saturated rings. The van der Waals surface area contributed by atoms with Crippen LogP contribution >= 0.6 is 0 Å². The number of hydrogen-bond donors (Lipinski definition) is 6. The van der Waals surface area contributed by atoms with E-state index >= 15 is 0 Å². The SMILES string of the molecule is CCC(C(=O)O)C(C(=O)O)(C(=O)O)C(C(=O)O)(C(=O)O)C(=O)O. The van der Waals surface area contributed by atoms with Crippen molar-refractivity contribution < 1.29 is 59.4 Å². The van der Waals surface area contributed by atoms with E-state index < -0.39 is 59.0 Å². The van der Waals surface area contributed by atoms with Crippen LogP contribution in [0.15, 0.2) is 0 Å². The highest BCUT2D eigenvalue weighted by Crippen LogP contribution is 2.49. The zero-order valence-electron chi connectivity index (χ0n) is 11.4. The van der Waals surface area contributed by atoms with Crippen LogP contribution in [0, 0.1) is 16.7 Å². The predicted molar refractivity (Wildman–Crippen MR) is 64.5 cm³/mol. The number of carboxylic acid groups (broad SMARTS) is 6. The molecule has 0 aromatic carbocycles. The minimum Gasteiger partial charge on any atom is -0.481 e. The molecule has 12 nitrogen and oxygen atoms in total. The summed E-state index contributed by atoms with van der Waals surface area (Å²) in [6.07, 6.45) is -0.858. The van der Waals surface area contributed by atoms with Gasteiger partial charge in [-0.05, 0) is 6.42 Å². The Bertz CT molecular complexity index is 538. The summed E-state index contributed by atoms with van der Waals surface area (Å²) in [7, 11) is 0. The van der Waals surface area contributed by atoms with E-state index in [1.807, 2.05) is 0 Å². The lowest BCUT2D eigenvalue weighted by molar-refractivity contribution is -0.209. The highest BCUT2D eigenvalue weighted by atomic mass is 16.4. The average Bonchev–Trinajstić information content (AvgIpc) is 2.35. The lowest BCUT2D eigenvalue weighted by atomic mass is 9.55. The minimum atomic E-state index is -4.47. The van der Waals surface area contributed by atoms with Crippen molar-refractivity contribution in [2.45, 2.75) is 13.3 Å². The molecular formula is C11H12O12. The average molecular weight is 336 g/mol. The van der Waals surface area contributed by atoms with Crippen LogP contribution in [-0.2, 0) is 28.8 Å². The van der Waals surface area contributed by atoms with Crippen molar-refractivity contribution in [3.05, 3.63) is 0 Å². The second-order valence-electron chi connectivity index (χ2n) is 4.38. The van der Waals surface area contributed by atoms with Crippen LogP contribution in [0.4, 0.5) is 0 Å². The molecule has 0 heterocycles. The van der Waals surface area contributed by atoms with Gasteiger partial charge in [-0.15, -0.1) is 0 Å². The van der Waals surface area contributed by atoms with Crippen molar-refractivity contribution in [2.75, 3.05) is 0 Å². The summed E-state index contributed by atoms with van der Waals surface area (Å²) in [6, 6.07) is 0. The van der Waals surface area contributed by atoms with Gasteiger partial charge in [0.15, 0.2) is 0 Å². The van der Waals surface area contributed by atoms with Crippen molar-refractivity contribution in [3.8, 4) is 0 Å². The van der Waals surface area contributed by atoms with E-state index in [9.17, 15) is 39.0 Å². The third-order valence-corrected chi connectivity index (χ3v) is 3.46. The molecule has 0 saturated heterocycles. The summed E-state index contributed by atoms with van der Waals surface area (Å²) in [5, 5.41) is 54.5. The second-order valence-corrected chi connectivity index (χ2v) is 4.38. The van der Waals surface area contributed by atoms with Crippen LogP contribution in [0.3, 0.4) is 0 Å². The Morgan fingerprint density at radius 3 is 1.13 bits per heavy atom. The standard InChI is InChI=1S/C11H12O12/c1-2-3(4(12)13)10(5(14)15,6(16)17)11(7(18)19,8(20)21)9(22)23/h3H,2H2,1H3,(H,12,13)(H,14,15)(H,16,17)(H,18,19)(H,20,21)(H,22,23). The number of carboxylic acids is 6. The molecule has 0 amide bonds. The maximum Gasteiger partial charge on any atom is 0.334 e. The molecule has 0 rings (SSSR count). The molecule has 0 aliphatic rings. The third kappa shape index (κ3) is 2.33. The van der Waals surface area contributed by atoms with E-state index in [0.29, 0.717) is 0 Å². The molecule has 0 bridgehead atoms. The summed E-state index contributed by atoms with van der Waals surface area (Å²) < 4.78 is 0. The number of hydrogen-bond acceptors (Lipinski definition) is 6. The monoisotopic (exact) mass is 336 g/mol. The Morgan fingerprint density at radius 2 is 1.00 bits per heavy atom. The smallest absolute Gasteiger partial charge is 0.334 e. The van der Waals surface area contributed by atoms with Gasteiger partial charge in [-0.25, -0.2) is 0 Å². The van der Waals surface area contributed by atoms with Crippen molar-refractivity contribution in [1.29, 1.82) is 0 Å². The van der Waals surface area contributed by atoms with E-state index in [0.717, 1.165) is 6.92 Å². The Hall–Kier alpha value is -3.18. The molecule has 128 valence electrons. The van der Waals surface area contributed by atoms with E-state index in [2.05, 4.69) is 0 Å². The summed E-state index contributed by atoms with van der Waals surface area (Å²) in [5.74, 6) is -18.8. The second kappa shape index (κ2) is 6.29. The Kier molecular flexibility index (Phi) is 5.42. The van der Waals surface area contributed by atoms with Gasteiger partial charge in [0.05, 0.1) is 5.92 Å². The summed E-state index contributed by atoms with van der Waals surface area (Å²) >= 11 is 0. The van der Waals surface area contributed by atoms with Gasteiger partial charge in [0.1, 0.15) is 0 Å². The normalized spacial score (nSPS) is 12.9. The number of carbonyl (C=O) groups is 6. The first-order valence-corrected chi connectivity index (χ1v) is 5.76. The van der Waals surface area contributed by atoms with Gasteiger partial charge >= 0.3 is 35.8 Å². The first-order chi connectivity index (χ1) is 10.4. The molecule has 0 saturated carbocycles. The fraction of sp³-hybridized carbons (Fsp3) is 0.455. The van der Waals surface area contributed by atoms with Crippen LogP contribution in [-0.4, -0.2) is 66.5 Å². The Morgan fingerprint density at radius 1 is 0.696 bits per heavy atom. The molecule has 1 unspecified atom stereocenters. The topological polar surface area (TPSA) is 224 Å². The number of rotatable bonds is 9. The Balaban J connectivity index is 7.39. The first kappa shape index (κ1) is 19.8. The first-order valence-electron chi connectivity index (χ1n) is 5.76. The Labute approximate surface area is 126 Å². The summed E-state index contributed by atoms with van der Waals surface area (Å²) in [5.41, 5.74) is -8.67. The van der Waals surface area contributed by atoms with Gasteiger partial charge in [-0.2, -0.15) is 0 Å². The molecule has 0 spiro atoms. The fourth-order valence-electron chi connectivity index (χ4n) is 2.42. The summed E-state index contributed by atoms with van der Waals surface area (Å²) in [4.78, 5) is 68.1. The maximum absolute atomic E-state index is 11.5. The van der Waals surface area contributed by atoms with Gasteiger partial charge in [-0.1, -0.05) is 6.92 Å². The van der Waals surface area contributed by atoms with E-state index in [1.165, 1.54) is 0 Å². The van der Waals surface area contributed by atoms with E-state index in [-0.39, 0.29) is 0 Å². The quantitative estimate of drug-likeness (QED) is 0.264. The highest BCUT2D eigenvalue weighted by Gasteiger charge is 2.80. The zero-order chi connectivity index (χ0) is 18.7. The molecule has 0 aliphatic carbocycles. The molecule has 12 heteroatoms. The van der Waals surface area contributed by atoms with Crippen LogP contribution in [0.25, 0.3) is 0 Å². The van der Waals surface area contributed by atoms with E-state index in [1.54, 1.807) is 0 Å². The molecule has 23 heavy (non-hydrogen) atoms. The highest BCUT2D eigenvalue weighted by molar-refractivity contribution is 6.25. The van der Waals surface area contributed by atoms with Crippen LogP contribution in [0.5, 0.6) is 0 Å². The third-order valence-electron chi connectivity index (χ3n) is 3.46. The predicted octanol–water partition coefficient (Wildman–Crippen LogP) is -1.51. The minimum absolute atomic E-state index is 0.858. The van der Waals surface area contributed by atoms with Crippen molar-refractivity contribution >= 4 is 35.8 Å². The van der Waals surface area contributed by atoms with Crippen LogP contribution < -0.4 is 0 Å². The molecule has 0 aromatic rings. The van der Waals surface area contributed by atoms with Crippen LogP contribution in [0.2, 0.25) is 0 Å². The van der Waals surface area contributed by atoms with Crippen LogP contribution in [0.1, 0.15) is 13.3 Å². The largest absolute Gasteiger partial charge is 0.481 e. The van der Waals surface area contributed by atoms with Gasteiger partial charge in [0.2, 0.25) is 5.41 Å². The lowest BCUT2D eigenvalue weighted by Gasteiger charge is -2.38. The molecule has 0 radical (unpaired) electrons. The van der Waals surface area contributed by atoms with Crippen molar-refractivity contribution in [3.63, 3.8) is 0 Å². The van der Waals surface area contributed by atoms with Gasteiger partial charge < -0.3 is 30.6 Å². The van der Waals surface area contributed by atoms with Crippen molar-refractivity contribution in [1.82, 2.24) is 0 Å². The van der Waals surface area contributed by atoms with Gasteiger partial charge in [0.25, 0.3) is 5.41 Å². The number of aliphatic carboxylic acids is 6. The van der Waals surface area contributed by atoms with E-state index in [4.69, 9.17) is 20.4 Å². The fourth-order valence-corrected chi connectivity index (χ4v) is 2.42.